The first-order chi connectivity index (χ1) is 9.72. The topological polar surface area (TPSA) is 66.0 Å². The molecule has 20 heavy (non-hydrogen) atoms. The highest BCUT2D eigenvalue weighted by Crippen LogP contribution is 2.18. The number of nitrogens with one attached hydrogen (secondary N) is 2. The van der Waals surface area contributed by atoms with Crippen LogP contribution in [0.1, 0.15) is 26.2 Å². The Morgan fingerprint density at radius 1 is 1.40 bits per heavy atom. The summed E-state index contributed by atoms with van der Waals surface area (Å²) in [6, 6.07) is 0.401. The van der Waals surface area contributed by atoms with Crippen molar-refractivity contribution in [2.75, 3.05) is 39.9 Å². The van der Waals surface area contributed by atoms with Gasteiger partial charge in [0.1, 0.15) is 6.54 Å². The Hall–Kier alpha value is -1.30. The highest BCUT2D eigenvalue weighted by atomic mass is 16.5. The van der Waals surface area contributed by atoms with E-state index in [0.717, 1.165) is 51.5 Å². The van der Waals surface area contributed by atoms with Gasteiger partial charge in [-0.25, -0.2) is 4.99 Å². The van der Waals surface area contributed by atoms with E-state index in [4.69, 9.17) is 4.74 Å². The number of methoxy groups -OCH3 is 1. The smallest absolute Gasteiger partial charge is 0.242 e. The molecule has 0 radical (unpaired) electrons. The number of likely N-dealkylation sites (tertiary alicyclic amines) is 1. The predicted octanol–water partition coefficient (Wildman–Crippen LogP) is 0.199. The van der Waals surface area contributed by atoms with Gasteiger partial charge in [-0.1, -0.05) is 0 Å². The van der Waals surface area contributed by atoms with Crippen molar-refractivity contribution in [2.24, 2.45) is 10.9 Å². The molecule has 1 heterocycles. The van der Waals surface area contributed by atoms with Gasteiger partial charge in [0.25, 0.3) is 0 Å². The molecule has 1 atom stereocenters. The third-order valence-corrected chi connectivity index (χ3v) is 3.64. The molecule has 2 rings (SSSR count). The van der Waals surface area contributed by atoms with Crippen molar-refractivity contribution in [3.05, 3.63) is 0 Å². The molecule has 1 unspecified atom stereocenters. The molecular weight excluding hydrogens is 256 g/mol. The minimum atomic E-state index is 0.0236. The first-order valence-corrected chi connectivity index (χ1v) is 7.54. The van der Waals surface area contributed by atoms with Crippen LogP contribution in [0, 0.1) is 5.92 Å². The van der Waals surface area contributed by atoms with Gasteiger partial charge in [0.2, 0.25) is 5.91 Å². The van der Waals surface area contributed by atoms with Crippen molar-refractivity contribution >= 4 is 11.9 Å². The molecule has 114 valence electrons. The summed E-state index contributed by atoms with van der Waals surface area (Å²) in [6.45, 7) is 5.79. The van der Waals surface area contributed by atoms with Gasteiger partial charge in [0.15, 0.2) is 5.96 Å². The van der Waals surface area contributed by atoms with Crippen molar-refractivity contribution < 1.29 is 9.53 Å². The fourth-order valence-corrected chi connectivity index (χ4v) is 2.47. The average Bonchev–Trinajstić information content (AvgIpc) is 3.11. The summed E-state index contributed by atoms with van der Waals surface area (Å²) in [7, 11) is 1.74. The third-order valence-electron chi connectivity index (χ3n) is 3.64. The van der Waals surface area contributed by atoms with Crippen molar-refractivity contribution in [1.82, 2.24) is 15.5 Å². The zero-order valence-electron chi connectivity index (χ0n) is 12.5. The van der Waals surface area contributed by atoms with Crippen molar-refractivity contribution in [1.29, 1.82) is 0 Å². The number of amides is 1. The fourth-order valence-electron chi connectivity index (χ4n) is 2.47. The number of ether oxygens (including phenoxy) is 1. The van der Waals surface area contributed by atoms with Crippen LogP contribution in [0.15, 0.2) is 4.99 Å². The Labute approximate surface area is 121 Å². The van der Waals surface area contributed by atoms with E-state index in [-0.39, 0.29) is 12.5 Å². The molecule has 1 saturated carbocycles. The Morgan fingerprint density at radius 2 is 2.20 bits per heavy atom. The van der Waals surface area contributed by atoms with Gasteiger partial charge >= 0.3 is 0 Å². The molecule has 1 aliphatic heterocycles. The lowest BCUT2D eigenvalue weighted by atomic mass is 10.1. The number of nitrogens with zero attached hydrogens (tertiary/aromatic N) is 2. The summed E-state index contributed by atoms with van der Waals surface area (Å²) in [5.41, 5.74) is 0. The van der Waals surface area contributed by atoms with Crippen LogP contribution in [-0.2, 0) is 9.53 Å². The number of aliphatic imine (C=N–C) groups is 1. The van der Waals surface area contributed by atoms with Crippen LogP contribution in [0.4, 0.5) is 0 Å². The Bertz CT molecular complexity index is 355. The summed E-state index contributed by atoms with van der Waals surface area (Å²) >= 11 is 0. The van der Waals surface area contributed by atoms with E-state index >= 15 is 0 Å². The van der Waals surface area contributed by atoms with Gasteiger partial charge in [-0.05, 0) is 26.2 Å². The maximum absolute atomic E-state index is 11.7. The molecule has 1 saturated heterocycles. The molecule has 0 bridgehead atoms. The van der Waals surface area contributed by atoms with Crippen molar-refractivity contribution in [3.8, 4) is 0 Å². The summed E-state index contributed by atoms with van der Waals surface area (Å²) in [5.74, 6) is 1.43. The molecule has 1 amide bonds. The van der Waals surface area contributed by atoms with Crippen LogP contribution in [-0.4, -0.2) is 62.7 Å². The lowest BCUT2D eigenvalue weighted by Crippen LogP contribution is -2.41. The average molecular weight is 282 g/mol. The maximum atomic E-state index is 11.7. The van der Waals surface area contributed by atoms with Crippen LogP contribution in [0.5, 0.6) is 0 Å². The largest absolute Gasteiger partial charge is 0.384 e. The SMILES string of the molecule is CCNC(=NCC(=O)NC1CC1)N1CCC(COC)C1. The van der Waals surface area contributed by atoms with Crippen LogP contribution < -0.4 is 10.6 Å². The molecule has 2 fully saturated rings. The number of hydrogen-bond acceptors (Lipinski definition) is 3. The Morgan fingerprint density at radius 3 is 2.85 bits per heavy atom. The number of carbonyl (C=O) groups is 1. The zero-order chi connectivity index (χ0) is 14.4. The van der Waals surface area contributed by atoms with E-state index in [1.165, 1.54) is 0 Å². The molecule has 2 N–H and O–H groups in total. The quantitative estimate of drug-likeness (QED) is 0.539. The van der Waals surface area contributed by atoms with Crippen LogP contribution >= 0.6 is 0 Å². The van der Waals surface area contributed by atoms with Crippen molar-refractivity contribution in [2.45, 2.75) is 32.2 Å². The standard InChI is InChI=1S/C14H26N4O2/c1-3-15-14(16-8-13(19)17-12-4-5-12)18-7-6-11(9-18)10-20-2/h11-12H,3-10H2,1-2H3,(H,15,16)(H,17,19). The molecule has 6 nitrogen and oxygen atoms in total. The number of rotatable bonds is 6. The molecule has 0 aromatic rings. The minimum Gasteiger partial charge on any atom is -0.384 e. The fraction of sp³-hybridized carbons (Fsp3) is 0.857. The van der Waals surface area contributed by atoms with Gasteiger partial charge in [0.05, 0.1) is 6.61 Å². The highest BCUT2D eigenvalue weighted by molar-refractivity contribution is 5.85. The summed E-state index contributed by atoms with van der Waals surface area (Å²) in [5, 5.41) is 6.23. The number of carbonyl (C=O) groups excluding carboxylic acids is 1. The van der Waals surface area contributed by atoms with E-state index in [1.807, 2.05) is 6.92 Å². The third kappa shape index (κ3) is 4.67. The zero-order valence-corrected chi connectivity index (χ0v) is 12.5. The van der Waals surface area contributed by atoms with Gasteiger partial charge in [-0.3, -0.25) is 4.79 Å². The molecule has 0 spiro atoms. The molecular formula is C14H26N4O2. The summed E-state index contributed by atoms with van der Waals surface area (Å²) < 4.78 is 5.21. The molecule has 0 aromatic carbocycles. The summed E-state index contributed by atoms with van der Waals surface area (Å²) in [4.78, 5) is 18.4. The van der Waals surface area contributed by atoms with E-state index in [2.05, 4.69) is 20.5 Å². The highest BCUT2D eigenvalue weighted by Gasteiger charge is 2.25. The first kappa shape index (κ1) is 15.1. The monoisotopic (exact) mass is 282 g/mol. The van der Waals surface area contributed by atoms with E-state index in [9.17, 15) is 4.79 Å². The van der Waals surface area contributed by atoms with E-state index in [1.54, 1.807) is 7.11 Å². The first-order valence-electron chi connectivity index (χ1n) is 7.54. The normalized spacial score (nSPS) is 23.0. The van der Waals surface area contributed by atoms with Gasteiger partial charge in [-0.15, -0.1) is 0 Å². The Kier molecular flexibility index (Phi) is 5.64. The molecule has 1 aliphatic carbocycles. The number of guanidine groups is 1. The number of hydrogen-bond donors (Lipinski definition) is 2. The molecule has 6 heteroatoms. The molecule has 0 aromatic heterocycles. The van der Waals surface area contributed by atoms with Gasteiger partial charge in [0, 0.05) is 38.7 Å². The minimum absolute atomic E-state index is 0.0236. The lowest BCUT2D eigenvalue weighted by molar-refractivity contribution is -0.119. The van der Waals surface area contributed by atoms with Crippen LogP contribution in [0.25, 0.3) is 0 Å². The van der Waals surface area contributed by atoms with Crippen molar-refractivity contribution in [3.63, 3.8) is 0 Å². The maximum Gasteiger partial charge on any atom is 0.242 e. The van der Waals surface area contributed by atoms with E-state index < -0.39 is 0 Å². The van der Waals surface area contributed by atoms with Crippen LogP contribution in [0.3, 0.4) is 0 Å². The second kappa shape index (κ2) is 7.47. The second-order valence-corrected chi connectivity index (χ2v) is 5.57. The predicted molar refractivity (Wildman–Crippen MR) is 78.7 cm³/mol. The second-order valence-electron chi connectivity index (χ2n) is 5.57. The molecule has 2 aliphatic rings. The lowest BCUT2D eigenvalue weighted by Gasteiger charge is -2.21. The van der Waals surface area contributed by atoms with Gasteiger partial charge < -0.3 is 20.3 Å². The Balaban J connectivity index is 1.83. The summed E-state index contributed by atoms with van der Waals surface area (Å²) in [6.07, 6.45) is 3.34. The van der Waals surface area contributed by atoms with Crippen LogP contribution in [0.2, 0.25) is 0 Å². The van der Waals surface area contributed by atoms with Gasteiger partial charge in [-0.2, -0.15) is 0 Å². The van der Waals surface area contributed by atoms with E-state index in [0.29, 0.717) is 12.0 Å².